The third-order valence-electron chi connectivity index (χ3n) is 13.1. The van der Waals surface area contributed by atoms with E-state index in [1.807, 2.05) is 12.3 Å². The molecule has 0 aliphatic heterocycles. The summed E-state index contributed by atoms with van der Waals surface area (Å²) in [4.78, 5) is 5.12. The summed E-state index contributed by atoms with van der Waals surface area (Å²) in [5, 5.41) is 4.78. The van der Waals surface area contributed by atoms with E-state index in [0.717, 1.165) is 72.9 Å². The first kappa shape index (κ1) is 35.5. The lowest BCUT2D eigenvalue weighted by Crippen LogP contribution is -2.31. The molecule has 4 aromatic heterocycles. The van der Waals surface area contributed by atoms with Gasteiger partial charge in [-0.25, -0.2) is 4.98 Å². The smallest absolute Gasteiger partial charge is 0.269 e. The number of nitrogens with zero attached hydrogens (tertiary/aromatic N) is 5. The van der Waals surface area contributed by atoms with E-state index in [2.05, 4.69) is 227 Å². The van der Waals surface area contributed by atoms with Crippen molar-refractivity contribution < 1.29 is 9.30 Å². The number of para-hydroxylation sites is 7. The van der Waals surface area contributed by atoms with Gasteiger partial charge in [-0.15, -0.1) is 0 Å². The third-order valence-corrected chi connectivity index (χ3v) is 13.1. The largest absolute Gasteiger partial charge is 0.458 e. The van der Waals surface area contributed by atoms with Crippen LogP contribution in [0, 0.1) is 6.33 Å². The van der Waals surface area contributed by atoms with E-state index in [1.165, 1.54) is 38.4 Å². The predicted octanol–water partition coefficient (Wildman–Crippen LogP) is 13.4. The molecule has 0 atom stereocenters. The van der Waals surface area contributed by atoms with Crippen molar-refractivity contribution in [2.45, 2.75) is 19.3 Å². The first-order valence-corrected chi connectivity index (χ1v) is 21.5. The highest BCUT2D eigenvalue weighted by molar-refractivity contribution is 6.11. The van der Waals surface area contributed by atoms with Crippen LogP contribution in [0.1, 0.15) is 25.0 Å². The van der Waals surface area contributed by atoms with Crippen molar-refractivity contribution in [2.75, 3.05) is 0 Å². The molecule has 6 heteroatoms. The molecular formula is C57H39N5O. The van der Waals surface area contributed by atoms with Crippen LogP contribution in [0.25, 0.3) is 88.7 Å². The molecule has 0 fully saturated rings. The number of ether oxygens (including phenoxy) is 1. The second-order valence-electron chi connectivity index (χ2n) is 17.0. The molecule has 6 nitrogen and oxygen atoms in total. The molecule has 0 amide bonds. The molecule has 1 aliphatic rings. The highest BCUT2D eigenvalue weighted by Crippen LogP contribution is 2.51. The fourth-order valence-corrected chi connectivity index (χ4v) is 10.3. The number of hydrogen-bond donors (Lipinski definition) is 0. The fraction of sp³-hybridized carbons (Fsp3) is 0.0526. The molecule has 1 aliphatic carbocycles. The fourth-order valence-electron chi connectivity index (χ4n) is 10.3. The van der Waals surface area contributed by atoms with Crippen LogP contribution in [0.2, 0.25) is 0 Å². The van der Waals surface area contributed by atoms with Gasteiger partial charge in [-0.3, -0.25) is 13.7 Å². The van der Waals surface area contributed by atoms with Crippen molar-refractivity contribution >= 4 is 54.6 Å². The van der Waals surface area contributed by atoms with Gasteiger partial charge in [-0.2, -0.15) is 0 Å². The number of aromatic nitrogens is 5. The van der Waals surface area contributed by atoms with Crippen LogP contribution in [0.15, 0.2) is 200 Å². The third kappa shape index (κ3) is 5.18. The maximum atomic E-state index is 6.80. The minimum absolute atomic E-state index is 0.140. The van der Waals surface area contributed by atoms with Gasteiger partial charge in [0.1, 0.15) is 17.3 Å². The van der Waals surface area contributed by atoms with E-state index in [1.54, 1.807) is 0 Å². The van der Waals surface area contributed by atoms with Crippen LogP contribution >= 0.6 is 0 Å². The van der Waals surface area contributed by atoms with Gasteiger partial charge in [-0.05, 0) is 83.4 Å². The zero-order valence-corrected chi connectivity index (χ0v) is 34.7. The number of fused-ring (bicyclic) bond motifs is 10. The first-order valence-electron chi connectivity index (χ1n) is 21.5. The summed E-state index contributed by atoms with van der Waals surface area (Å²) < 4.78 is 15.8. The number of imidazole rings is 1. The summed E-state index contributed by atoms with van der Waals surface area (Å²) in [7, 11) is 0. The lowest BCUT2D eigenvalue weighted by atomic mass is 9.83. The average molecular weight is 810 g/mol. The van der Waals surface area contributed by atoms with Crippen molar-refractivity contribution in [3.8, 4) is 45.5 Å². The van der Waals surface area contributed by atoms with E-state index in [4.69, 9.17) is 9.72 Å². The van der Waals surface area contributed by atoms with Crippen molar-refractivity contribution in [1.82, 2.24) is 18.7 Å². The van der Waals surface area contributed by atoms with Crippen LogP contribution in [-0.2, 0) is 5.41 Å². The highest BCUT2D eigenvalue weighted by Gasteiger charge is 2.37. The standard InChI is InChI=1S/C57H39N5O/c1-57(2)45-22-7-3-21-44(45)55-46(57)32-33-58-56(55)62-49-25-10-6-20-42(49)43-31-30-39(35-54(43)62)63-38-17-15-16-37(34-38)59-36-60(51-27-12-11-26-50(51)59)52-28-13-14-29-53(52)61-47-23-8-4-18-40(47)41-19-5-9-24-48(41)61/h3-35H,1-2H3. The maximum Gasteiger partial charge on any atom is 0.269 e. The number of pyridine rings is 1. The van der Waals surface area contributed by atoms with Crippen LogP contribution in [0.3, 0.4) is 0 Å². The Hall–Kier alpha value is -8.22. The second-order valence-corrected chi connectivity index (χ2v) is 17.0. The summed E-state index contributed by atoms with van der Waals surface area (Å²) in [5.74, 6) is 2.40. The summed E-state index contributed by atoms with van der Waals surface area (Å²) in [6.07, 6.45) is 5.73. The molecule has 0 unspecified atom stereocenters. The van der Waals surface area contributed by atoms with E-state index >= 15 is 0 Å². The summed E-state index contributed by atoms with van der Waals surface area (Å²) in [6, 6.07) is 68.6. The minimum atomic E-state index is -0.140. The van der Waals surface area contributed by atoms with Gasteiger partial charge >= 0.3 is 0 Å². The molecular weight excluding hydrogens is 771 g/mol. The van der Waals surface area contributed by atoms with E-state index in [-0.39, 0.29) is 5.41 Å². The summed E-state index contributed by atoms with van der Waals surface area (Å²) in [6.45, 7) is 4.63. The van der Waals surface area contributed by atoms with Crippen molar-refractivity contribution in [2.24, 2.45) is 0 Å². The first-order chi connectivity index (χ1) is 31.0. The lowest BCUT2D eigenvalue weighted by molar-refractivity contribution is -0.572. The van der Waals surface area contributed by atoms with Crippen molar-refractivity contribution in [1.29, 1.82) is 0 Å². The molecule has 298 valence electrons. The molecule has 0 saturated heterocycles. The van der Waals surface area contributed by atoms with Crippen LogP contribution in [0.4, 0.5) is 0 Å². The monoisotopic (exact) mass is 809 g/mol. The van der Waals surface area contributed by atoms with Crippen molar-refractivity contribution in [3.63, 3.8) is 0 Å². The molecule has 0 spiro atoms. The summed E-state index contributed by atoms with van der Waals surface area (Å²) in [5.41, 5.74) is 14.5. The highest BCUT2D eigenvalue weighted by atomic mass is 16.5. The van der Waals surface area contributed by atoms with Gasteiger partial charge in [0, 0.05) is 44.8 Å². The quantitative estimate of drug-likeness (QED) is 0.124. The average Bonchev–Trinajstić information content (AvgIpc) is 4.05. The van der Waals surface area contributed by atoms with Crippen LogP contribution in [-0.4, -0.2) is 18.7 Å². The molecule has 63 heavy (non-hydrogen) atoms. The van der Waals surface area contributed by atoms with Gasteiger partial charge in [0.05, 0.1) is 50.2 Å². The van der Waals surface area contributed by atoms with Gasteiger partial charge in [0.2, 0.25) is 0 Å². The molecule has 12 aromatic rings. The Morgan fingerprint density at radius 1 is 0.508 bits per heavy atom. The van der Waals surface area contributed by atoms with Crippen molar-refractivity contribution in [3.05, 3.63) is 218 Å². The second kappa shape index (κ2) is 13.4. The predicted molar refractivity (Wildman–Crippen MR) is 254 cm³/mol. The van der Waals surface area contributed by atoms with Crippen LogP contribution in [0.5, 0.6) is 11.5 Å². The lowest BCUT2D eigenvalue weighted by Gasteiger charge is -2.21. The normalized spacial score (nSPS) is 13.0. The van der Waals surface area contributed by atoms with Crippen LogP contribution < -0.4 is 9.30 Å². The minimum Gasteiger partial charge on any atom is -0.458 e. The molecule has 4 heterocycles. The Morgan fingerprint density at radius 2 is 1.13 bits per heavy atom. The Kier molecular flexibility index (Phi) is 7.55. The maximum absolute atomic E-state index is 6.80. The number of rotatable bonds is 6. The Labute approximate surface area is 363 Å². The molecule has 0 N–H and O–H groups in total. The van der Waals surface area contributed by atoms with Gasteiger partial charge in [-0.1, -0.05) is 135 Å². The van der Waals surface area contributed by atoms with Gasteiger partial charge in [0.25, 0.3) is 6.33 Å². The molecule has 0 radical (unpaired) electrons. The Morgan fingerprint density at radius 3 is 1.90 bits per heavy atom. The van der Waals surface area contributed by atoms with E-state index < -0.39 is 0 Å². The number of hydrogen-bond acceptors (Lipinski definition) is 2. The Balaban J connectivity index is 0.924. The summed E-state index contributed by atoms with van der Waals surface area (Å²) >= 11 is 0. The van der Waals surface area contributed by atoms with E-state index in [9.17, 15) is 0 Å². The molecule has 0 bridgehead atoms. The molecule has 8 aromatic carbocycles. The Bertz CT molecular complexity index is 3770. The topological polar surface area (TPSA) is 40.8 Å². The van der Waals surface area contributed by atoms with Gasteiger partial charge in [0.15, 0.2) is 0 Å². The molecule has 13 rings (SSSR count). The van der Waals surface area contributed by atoms with Gasteiger partial charge < -0.3 is 9.30 Å². The van der Waals surface area contributed by atoms with E-state index in [0.29, 0.717) is 0 Å². The SMILES string of the molecule is CC1(C)c2ccccc2-c2c1ccnc2-n1c2ccccc2c2ccc(Oc3cccc(-n4[c-][n+](-c5ccccc5-n5c6ccccc6c6ccccc65)c5ccccc54)c3)cc21. The number of benzene rings is 8. The molecule has 0 saturated carbocycles. The zero-order valence-electron chi connectivity index (χ0n) is 34.7. The zero-order chi connectivity index (χ0) is 41.8.